The van der Waals surface area contributed by atoms with Crippen molar-refractivity contribution >= 4 is 5.91 Å². The second-order valence-electron chi connectivity index (χ2n) is 6.87. The Morgan fingerprint density at radius 2 is 1.81 bits per heavy atom. The molecule has 138 valence electrons. The van der Waals surface area contributed by atoms with Gasteiger partial charge in [-0.3, -0.25) is 4.79 Å². The highest BCUT2D eigenvalue weighted by atomic mass is 16.5. The topological polar surface area (TPSA) is 49.8 Å². The van der Waals surface area contributed by atoms with Crippen LogP contribution in [0.1, 0.15) is 42.1 Å². The summed E-state index contributed by atoms with van der Waals surface area (Å²) in [5.41, 5.74) is 1.74. The number of phenols is 1. The Bertz CT molecular complexity index is 718. The molecule has 0 aliphatic carbocycles. The number of piperidine rings is 1. The molecule has 1 heterocycles. The van der Waals surface area contributed by atoms with E-state index in [1.54, 1.807) is 24.3 Å². The van der Waals surface area contributed by atoms with Gasteiger partial charge in [-0.2, -0.15) is 0 Å². The van der Waals surface area contributed by atoms with Gasteiger partial charge in [0.15, 0.2) is 0 Å². The van der Waals surface area contributed by atoms with Gasteiger partial charge in [0, 0.05) is 13.1 Å². The van der Waals surface area contributed by atoms with Crippen LogP contribution >= 0.6 is 0 Å². The van der Waals surface area contributed by atoms with Crippen LogP contribution in [0.3, 0.4) is 0 Å². The van der Waals surface area contributed by atoms with E-state index in [9.17, 15) is 9.90 Å². The van der Waals surface area contributed by atoms with Gasteiger partial charge < -0.3 is 14.7 Å². The number of hydrogen-bond donors (Lipinski definition) is 1. The Morgan fingerprint density at radius 1 is 1.12 bits per heavy atom. The molecule has 1 saturated heterocycles. The molecule has 1 N–H and O–H groups in total. The van der Waals surface area contributed by atoms with E-state index in [1.165, 1.54) is 5.56 Å². The molecule has 0 bridgehead atoms. The van der Waals surface area contributed by atoms with Crippen LogP contribution in [0.5, 0.6) is 11.5 Å². The van der Waals surface area contributed by atoms with Crippen molar-refractivity contribution in [3.63, 3.8) is 0 Å². The van der Waals surface area contributed by atoms with Crippen LogP contribution in [0.4, 0.5) is 0 Å². The summed E-state index contributed by atoms with van der Waals surface area (Å²) >= 11 is 0. The third kappa shape index (κ3) is 4.57. The van der Waals surface area contributed by atoms with Crippen LogP contribution in [0.2, 0.25) is 0 Å². The van der Waals surface area contributed by atoms with Crippen molar-refractivity contribution in [3.8, 4) is 11.5 Å². The number of aryl methyl sites for hydroxylation is 1. The molecule has 1 aliphatic rings. The normalized spacial score (nSPS) is 15.0. The number of nitrogens with zero attached hydrogens (tertiary/aromatic N) is 1. The molecule has 1 amide bonds. The van der Waals surface area contributed by atoms with E-state index in [1.807, 2.05) is 24.0 Å². The highest BCUT2D eigenvalue weighted by molar-refractivity contribution is 5.96. The molecule has 0 unspecified atom stereocenters. The molecule has 3 rings (SSSR count). The minimum absolute atomic E-state index is 0.0620. The predicted molar refractivity (Wildman–Crippen MR) is 103 cm³/mol. The lowest BCUT2D eigenvalue weighted by Gasteiger charge is -2.32. The van der Waals surface area contributed by atoms with Crippen LogP contribution in [-0.4, -0.2) is 35.6 Å². The van der Waals surface area contributed by atoms with Gasteiger partial charge in [-0.15, -0.1) is 0 Å². The molecule has 26 heavy (non-hydrogen) atoms. The molecule has 4 nitrogen and oxygen atoms in total. The van der Waals surface area contributed by atoms with Gasteiger partial charge in [0.25, 0.3) is 5.91 Å². The SMILES string of the molecule is CCOc1ccc(CCC2CCN(C(=O)c3ccccc3O)CC2)cc1. The van der Waals surface area contributed by atoms with Crippen molar-refractivity contribution < 1.29 is 14.6 Å². The smallest absolute Gasteiger partial charge is 0.257 e. The van der Waals surface area contributed by atoms with Crippen molar-refractivity contribution in [1.82, 2.24) is 4.90 Å². The Hall–Kier alpha value is -2.49. The van der Waals surface area contributed by atoms with E-state index in [-0.39, 0.29) is 11.7 Å². The lowest BCUT2D eigenvalue weighted by Crippen LogP contribution is -2.38. The number of para-hydroxylation sites is 1. The second-order valence-corrected chi connectivity index (χ2v) is 6.87. The molecule has 4 heteroatoms. The first kappa shape index (κ1) is 18.3. The quantitative estimate of drug-likeness (QED) is 0.843. The van der Waals surface area contributed by atoms with Crippen molar-refractivity contribution in [3.05, 3.63) is 59.7 Å². The molecule has 2 aromatic carbocycles. The van der Waals surface area contributed by atoms with Crippen LogP contribution in [0, 0.1) is 5.92 Å². The first-order valence-corrected chi connectivity index (χ1v) is 9.46. The highest BCUT2D eigenvalue weighted by Crippen LogP contribution is 2.26. The van der Waals surface area contributed by atoms with Crippen LogP contribution < -0.4 is 4.74 Å². The molecule has 2 aromatic rings. The summed E-state index contributed by atoms with van der Waals surface area (Å²) < 4.78 is 5.48. The van der Waals surface area contributed by atoms with Crippen molar-refractivity contribution in [2.75, 3.05) is 19.7 Å². The number of ether oxygens (including phenoxy) is 1. The molecule has 0 radical (unpaired) electrons. The summed E-state index contributed by atoms with van der Waals surface area (Å²) in [4.78, 5) is 14.4. The fraction of sp³-hybridized carbons (Fsp3) is 0.409. The first-order valence-electron chi connectivity index (χ1n) is 9.46. The minimum Gasteiger partial charge on any atom is -0.507 e. The Kier molecular flexibility index (Phi) is 6.16. The van der Waals surface area contributed by atoms with E-state index in [0.29, 0.717) is 18.1 Å². The van der Waals surface area contributed by atoms with Crippen molar-refractivity contribution in [1.29, 1.82) is 0 Å². The fourth-order valence-electron chi connectivity index (χ4n) is 3.54. The molecular formula is C22H27NO3. The van der Waals surface area contributed by atoms with Crippen LogP contribution in [0.15, 0.2) is 48.5 Å². The standard InChI is InChI=1S/C22H27NO3/c1-2-26-19-11-9-17(10-12-19)7-8-18-13-15-23(16-14-18)22(25)20-5-3-4-6-21(20)24/h3-6,9-12,18,24H,2,7-8,13-16H2,1H3. The molecule has 0 atom stereocenters. The van der Waals surface area contributed by atoms with E-state index in [4.69, 9.17) is 4.74 Å². The molecule has 0 aromatic heterocycles. The molecule has 1 aliphatic heterocycles. The summed E-state index contributed by atoms with van der Waals surface area (Å²) in [6.07, 6.45) is 4.25. The predicted octanol–water partition coefficient (Wildman–Crippen LogP) is 4.28. The van der Waals surface area contributed by atoms with Crippen LogP contribution in [0.25, 0.3) is 0 Å². The van der Waals surface area contributed by atoms with Gasteiger partial charge in [0.05, 0.1) is 12.2 Å². The lowest BCUT2D eigenvalue weighted by atomic mass is 9.90. The van der Waals surface area contributed by atoms with E-state index in [2.05, 4.69) is 12.1 Å². The molecule has 0 spiro atoms. The highest BCUT2D eigenvalue weighted by Gasteiger charge is 2.24. The zero-order chi connectivity index (χ0) is 18.4. The number of rotatable bonds is 6. The van der Waals surface area contributed by atoms with Gasteiger partial charge in [0.2, 0.25) is 0 Å². The van der Waals surface area contributed by atoms with Crippen molar-refractivity contribution in [2.45, 2.75) is 32.6 Å². The third-order valence-electron chi connectivity index (χ3n) is 5.11. The van der Waals surface area contributed by atoms with Crippen LogP contribution in [-0.2, 0) is 6.42 Å². The number of likely N-dealkylation sites (tertiary alicyclic amines) is 1. The zero-order valence-corrected chi connectivity index (χ0v) is 15.4. The summed E-state index contributed by atoms with van der Waals surface area (Å²) in [6.45, 7) is 4.21. The molecule has 1 fully saturated rings. The summed E-state index contributed by atoms with van der Waals surface area (Å²) in [7, 11) is 0. The Balaban J connectivity index is 1.46. The van der Waals surface area contributed by atoms with Gasteiger partial charge in [0.1, 0.15) is 11.5 Å². The number of carbonyl (C=O) groups is 1. The number of hydrogen-bond acceptors (Lipinski definition) is 3. The monoisotopic (exact) mass is 353 g/mol. The number of benzene rings is 2. The average Bonchev–Trinajstić information content (AvgIpc) is 2.68. The fourth-order valence-corrected chi connectivity index (χ4v) is 3.54. The number of carbonyl (C=O) groups excluding carboxylic acids is 1. The number of phenolic OH excluding ortho intramolecular Hbond substituents is 1. The van der Waals surface area contributed by atoms with Gasteiger partial charge in [-0.25, -0.2) is 0 Å². The second kappa shape index (κ2) is 8.75. The zero-order valence-electron chi connectivity index (χ0n) is 15.4. The molecular weight excluding hydrogens is 326 g/mol. The average molecular weight is 353 g/mol. The maximum atomic E-state index is 12.5. The minimum atomic E-state index is -0.0620. The third-order valence-corrected chi connectivity index (χ3v) is 5.11. The summed E-state index contributed by atoms with van der Waals surface area (Å²) in [6, 6.07) is 15.1. The van der Waals surface area contributed by atoms with Gasteiger partial charge in [-0.1, -0.05) is 24.3 Å². The van der Waals surface area contributed by atoms with E-state index < -0.39 is 0 Å². The first-order chi connectivity index (χ1) is 12.7. The lowest BCUT2D eigenvalue weighted by molar-refractivity contribution is 0.0684. The summed E-state index contributed by atoms with van der Waals surface area (Å²) in [5.74, 6) is 1.57. The van der Waals surface area contributed by atoms with Crippen molar-refractivity contribution in [2.24, 2.45) is 5.92 Å². The van der Waals surface area contributed by atoms with Gasteiger partial charge in [-0.05, 0) is 68.4 Å². The van der Waals surface area contributed by atoms with Gasteiger partial charge >= 0.3 is 0 Å². The number of amides is 1. The maximum absolute atomic E-state index is 12.5. The maximum Gasteiger partial charge on any atom is 0.257 e. The largest absolute Gasteiger partial charge is 0.507 e. The Morgan fingerprint density at radius 3 is 2.46 bits per heavy atom. The van der Waals surface area contributed by atoms with E-state index >= 15 is 0 Å². The number of aromatic hydroxyl groups is 1. The Labute approximate surface area is 155 Å². The van der Waals surface area contributed by atoms with E-state index in [0.717, 1.165) is 44.5 Å². The molecule has 0 saturated carbocycles. The summed E-state index contributed by atoms with van der Waals surface area (Å²) in [5, 5.41) is 9.87.